The lowest BCUT2D eigenvalue weighted by molar-refractivity contribution is -0.129. The molecule has 3 rings (SSSR count). The van der Waals surface area contributed by atoms with Crippen LogP contribution in [0.1, 0.15) is 39.2 Å². The number of urea groups is 1. The molecule has 5 heteroatoms. The number of ketones is 1. The van der Waals surface area contributed by atoms with Crippen LogP contribution in [0, 0.1) is 22.7 Å². The van der Waals surface area contributed by atoms with Crippen molar-refractivity contribution >= 4 is 17.5 Å². The minimum Gasteiger partial charge on any atom is -0.350 e. The Kier molecular flexibility index (Phi) is 3.98. The second-order valence-corrected chi connectivity index (χ2v) is 7.78. The number of hydrazone groups is 1. The van der Waals surface area contributed by atoms with Crippen LogP contribution in [-0.4, -0.2) is 17.5 Å². The van der Waals surface area contributed by atoms with Gasteiger partial charge in [0.1, 0.15) is 5.78 Å². The van der Waals surface area contributed by atoms with Crippen molar-refractivity contribution in [2.24, 2.45) is 33.5 Å². The number of hydrogen-bond acceptors (Lipinski definition) is 3. The van der Waals surface area contributed by atoms with E-state index in [0.29, 0.717) is 12.1 Å². The summed E-state index contributed by atoms with van der Waals surface area (Å²) in [7, 11) is 0. The van der Waals surface area contributed by atoms with E-state index in [2.05, 4.69) is 31.3 Å². The van der Waals surface area contributed by atoms with Crippen molar-refractivity contribution in [1.29, 1.82) is 0 Å². The summed E-state index contributed by atoms with van der Waals surface area (Å²) < 4.78 is 0. The van der Waals surface area contributed by atoms with Gasteiger partial charge in [-0.25, -0.2) is 10.2 Å². The van der Waals surface area contributed by atoms with Crippen LogP contribution >= 0.6 is 0 Å². The second kappa shape index (κ2) is 5.72. The van der Waals surface area contributed by atoms with E-state index >= 15 is 0 Å². The molecule has 0 unspecified atom stereocenters. The van der Waals surface area contributed by atoms with Gasteiger partial charge in [0, 0.05) is 11.8 Å². The predicted molar refractivity (Wildman–Crippen MR) is 93.4 cm³/mol. The molecule has 0 aliphatic heterocycles. The highest BCUT2D eigenvalue weighted by atomic mass is 16.2. The summed E-state index contributed by atoms with van der Waals surface area (Å²) in [5.74, 6) is 0.266. The zero-order valence-electron chi connectivity index (χ0n) is 14.5. The van der Waals surface area contributed by atoms with Gasteiger partial charge in [0.25, 0.3) is 0 Å². The van der Waals surface area contributed by atoms with Crippen LogP contribution in [0.5, 0.6) is 0 Å². The first-order valence-electron chi connectivity index (χ1n) is 8.47. The maximum Gasteiger partial charge on any atom is 0.332 e. The van der Waals surface area contributed by atoms with Gasteiger partial charge in [-0.2, -0.15) is 5.10 Å². The van der Waals surface area contributed by atoms with Gasteiger partial charge in [0.2, 0.25) is 0 Å². The maximum atomic E-state index is 13.2. The number of Topliss-reactive ketones (excluding diaryl/α,β-unsaturated/α-hetero) is 1. The molecule has 2 aliphatic carbocycles. The lowest BCUT2D eigenvalue weighted by Gasteiger charge is -2.32. The topological polar surface area (TPSA) is 84.6 Å². The molecule has 1 aromatic rings. The number of nitrogens with two attached hydrogens (primary N) is 1. The number of benzene rings is 1. The van der Waals surface area contributed by atoms with Crippen LogP contribution < -0.4 is 11.2 Å². The third-order valence-corrected chi connectivity index (χ3v) is 6.43. The molecule has 0 aromatic heterocycles. The first-order valence-corrected chi connectivity index (χ1v) is 8.47. The molecule has 0 spiro atoms. The highest BCUT2D eigenvalue weighted by Crippen LogP contribution is 2.66. The van der Waals surface area contributed by atoms with Crippen molar-refractivity contribution in [2.45, 2.75) is 40.0 Å². The minimum absolute atomic E-state index is 0.0566. The van der Waals surface area contributed by atoms with Gasteiger partial charge in [-0.3, -0.25) is 4.79 Å². The number of carbonyl (C=O) groups excluding carboxylic acids is 2. The van der Waals surface area contributed by atoms with Gasteiger partial charge < -0.3 is 5.73 Å². The fourth-order valence-electron chi connectivity index (χ4n) is 4.62. The Hall–Kier alpha value is -2.17. The van der Waals surface area contributed by atoms with E-state index < -0.39 is 6.03 Å². The van der Waals surface area contributed by atoms with E-state index in [1.54, 1.807) is 0 Å². The van der Waals surface area contributed by atoms with Crippen LogP contribution in [0.4, 0.5) is 4.79 Å². The Morgan fingerprint density at radius 2 is 1.96 bits per heavy atom. The molecule has 0 heterocycles. The normalized spacial score (nSPS) is 31.3. The summed E-state index contributed by atoms with van der Waals surface area (Å²) in [6.45, 7) is 6.45. The molecule has 2 bridgehead atoms. The van der Waals surface area contributed by atoms with Crippen LogP contribution in [0.25, 0.3) is 0 Å². The van der Waals surface area contributed by atoms with E-state index in [-0.39, 0.29) is 28.4 Å². The number of carbonyl (C=O) groups is 2. The van der Waals surface area contributed by atoms with Crippen molar-refractivity contribution < 1.29 is 9.59 Å². The van der Waals surface area contributed by atoms with Crippen LogP contribution in [0.3, 0.4) is 0 Å². The molecule has 24 heavy (non-hydrogen) atoms. The van der Waals surface area contributed by atoms with Crippen molar-refractivity contribution in [3.63, 3.8) is 0 Å². The number of hydrogen-bond donors (Lipinski definition) is 2. The number of nitrogens with zero attached hydrogens (tertiary/aromatic N) is 1. The molecule has 3 atom stereocenters. The Bertz CT molecular complexity index is 696. The largest absolute Gasteiger partial charge is 0.350 e. The van der Waals surface area contributed by atoms with Crippen molar-refractivity contribution in [3.05, 3.63) is 35.9 Å². The van der Waals surface area contributed by atoms with Crippen molar-refractivity contribution in [2.75, 3.05) is 0 Å². The molecule has 2 fully saturated rings. The van der Waals surface area contributed by atoms with Crippen molar-refractivity contribution in [1.82, 2.24) is 5.43 Å². The van der Waals surface area contributed by atoms with E-state index in [1.165, 1.54) is 0 Å². The minimum atomic E-state index is -0.707. The molecule has 2 amide bonds. The van der Waals surface area contributed by atoms with Gasteiger partial charge in [0.05, 0.1) is 11.6 Å². The predicted octanol–water partition coefficient (Wildman–Crippen LogP) is 2.89. The summed E-state index contributed by atoms with van der Waals surface area (Å²) in [5, 5.41) is 4.24. The molecule has 0 radical (unpaired) electrons. The van der Waals surface area contributed by atoms with Crippen LogP contribution in [-0.2, 0) is 11.2 Å². The molecular formula is C19H25N3O2. The summed E-state index contributed by atoms with van der Waals surface area (Å²) in [6, 6.07) is 9.18. The quantitative estimate of drug-likeness (QED) is 0.658. The van der Waals surface area contributed by atoms with Gasteiger partial charge in [-0.05, 0) is 29.7 Å². The van der Waals surface area contributed by atoms with Gasteiger partial charge in [-0.1, -0.05) is 51.1 Å². The first-order chi connectivity index (χ1) is 11.3. The van der Waals surface area contributed by atoms with Crippen molar-refractivity contribution in [3.8, 4) is 0 Å². The molecular weight excluding hydrogens is 302 g/mol. The Labute approximate surface area is 142 Å². The standard InChI is InChI=1S/C19H25N3O2/c1-18(2)13-9-10-19(18,3)16(23)15(13)14(21-22-17(20)24)11-12-7-5-4-6-8-12/h4-8,13,15H,9-11H2,1-3H3,(H3,20,22,24)/b21-14+/t13-,15+,19-/m1/s1. The first kappa shape index (κ1) is 16.7. The Balaban J connectivity index is 1.96. The smallest absolute Gasteiger partial charge is 0.332 e. The summed E-state index contributed by atoms with van der Waals surface area (Å²) in [6.07, 6.45) is 2.49. The van der Waals surface area contributed by atoms with Gasteiger partial charge in [0.15, 0.2) is 0 Å². The number of fused-ring (bicyclic) bond motifs is 2. The van der Waals surface area contributed by atoms with Gasteiger partial charge in [-0.15, -0.1) is 0 Å². The van der Waals surface area contributed by atoms with Crippen LogP contribution in [0.15, 0.2) is 35.4 Å². The number of primary amides is 1. The third kappa shape index (κ3) is 2.43. The Morgan fingerprint density at radius 1 is 1.29 bits per heavy atom. The molecule has 128 valence electrons. The molecule has 5 nitrogen and oxygen atoms in total. The van der Waals surface area contributed by atoms with E-state index in [1.807, 2.05) is 30.3 Å². The zero-order chi connectivity index (χ0) is 17.5. The second-order valence-electron chi connectivity index (χ2n) is 7.78. The number of rotatable bonds is 4. The maximum absolute atomic E-state index is 13.2. The van der Waals surface area contributed by atoms with E-state index in [0.717, 1.165) is 18.4 Å². The van der Waals surface area contributed by atoms with Crippen LogP contribution in [0.2, 0.25) is 0 Å². The molecule has 2 aliphatic rings. The highest BCUT2D eigenvalue weighted by Gasteiger charge is 2.67. The average Bonchev–Trinajstić information content (AvgIpc) is 2.85. The molecule has 3 N–H and O–H groups in total. The molecule has 1 aromatic carbocycles. The summed E-state index contributed by atoms with van der Waals surface area (Å²) >= 11 is 0. The highest BCUT2D eigenvalue weighted by molar-refractivity contribution is 6.11. The summed E-state index contributed by atoms with van der Waals surface area (Å²) in [4.78, 5) is 24.3. The molecule has 2 saturated carbocycles. The lowest BCUT2D eigenvalue weighted by Crippen LogP contribution is -2.37. The fraction of sp³-hybridized carbons (Fsp3) is 0.526. The van der Waals surface area contributed by atoms with E-state index in [9.17, 15) is 9.59 Å². The summed E-state index contributed by atoms with van der Waals surface area (Å²) in [5.41, 5.74) is 8.93. The monoisotopic (exact) mass is 327 g/mol. The number of amides is 2. The lowest BCUT2D eigenvalue weighted by atomic mass is 9.70. The third-order valence-electron chi connectivity index (χ3n) is 6.43. The average molecular weight is 327 g/mol. The number of nitrogens with one attached hydrogen (secondary N) is 1. The molecule has 0 saturated heterocycles. The SMILES string of the molecule is CC1(C)[C@@H]2CC[C@]1(C)C(=O)[C@@H]2/C(Cc1ccccc1)=N/NC(N)=O. The fourth-order valence-corrected chi connectivity index (χ4v) is 4.62. The Morgan fingerprint density at radius 3 is 2.50 bits per heavy atom. The van der Waals surface area contributed by atoms with Gasteiger partial charge >= 0.3 is 6.03 Å². The zero-order valence-corrected chi connectivity index (χ0v) is 14.5. The van der Waals surface area contributed by atoms with E-state index in [4.69, 9.17) is 5.73 Å².